The zero-order valence-electron chi connectivity index (χ0n) is 18.8. The van der Waals surface area contributed by atoms with Gasteiger partial charge in [-0.05, 0) is 56.8 Å². The van der Waals surface area contributed by atoms with E-state index in [2.05, 4.69) is 20.7 Å². The van der Waals surface area contributed by atoms with Crippen LogP contribution in [-0.4, -0.2) is 45.2 Å². The smallest absolute Gasteiger partial charge is 0.263 e. The van der Waals surface area contributed by atoms with Gasteiger partial charge in [0.25, 0.3) is 11.5 Å². The Kier molecular flexibility index (Phi) is 6.40. The molecule has 2 heterocycles. The molecule has 0 saturated heterocycles. The summed E-state index contributed by atoms with van der Waals surface area (Å²) in [6, 6.07) is 12.3. The van der Waals surface area contributed by atoms with E-state index in [0.29, 0.717) is 29.0 Å². The number of hydrogen-bond acceptors (Lipinski definition) is 7. The first-order valence-corrected chi connectivity index (χ1v) is 11.3. The summed E-state index contributed by atoms with van der Waals surface area (Å²) in [6.07, 6.45) is 3.77. The van der Waals surface area contributed by atoms with E-state index in [1.807, 2.05) is 14.1 Å². The Morgan fingerprint density at radius 2 is 2.03 bits per heavy atom. The van der Waals surface area contributed by atoms with Crippen LogP contribution in [0.25, 0.3) is 10.9 Å². The van der Waals surface area contributed by atoms with E-state index < -0.39 is 11.5 Å². The summed E-state index contributed by atoms with van der Waals surface area (Å²) in [5.74, 6) is -0.0669. The molecule has 1 aliphatic rings. The van der Waals surface area contributed by atoms with Crippen LogP contribution in [0.1, 0.15) is 34.3 Å². The molecule has 3 aromatic rings. The number of nitrogens with zero attached hydrogens (tertiary/aromatic N) is 4. The molecular weight excluding hydrogens is 438 g/mol. The highest BCUT2D eigenvalue weighted by molar-refractivity contribution is 7.98. The van der Waals surface area contributed by atoms with E-state index in [0.717, 1.165) is 18.4 Å². The maximum atomic E-state index is 13.0. The maximum absolute atomic E-state index is 13.0. The highest BCUT2D eigenvalue weighted by Crippen LogP contribution is 2.49. The minimum absolute atomic E-state index is 0.0531. The molecule has 2 aromatic heterocycles. The molecule has 8 nitrogen and oxygen atoms in total. The monoisotopic (exact) mass is 463 g/mol. The molecule has 1 aliphatic carbocycles. The van der Waals surface area contributed by atoms with Crippen LogP contribution in [0.15, 0.2) is 47.4 Å². The van der Waals surface area contributed by atoms with Gasteiger partial charge in [0.15, 0.2) is 0 Å². The van der Waals surface area contributed by atoms with Crippen LogP contribution in [-0.2, 0) is 13.6 Å². The Labute approximate surface area is 196 Å². The molecule has 1 aromatic carbocycles. The summed E-state index contributed by atoms with van der Waals surface area (Å²) in [7, 11) is 5.65. The quantitative estimate of drug-likeness (QED) is 0.513. The van der Waals surface area contributed by atoms with Crippen LogP contribution in [0.2, 0.25) is 0 Å². The summed E-state index contributed by atoms with van der Waals surface area (Å²) in [4.78, 5) is 30.1. The van der Waals surface area contributed by atoms with E-state index in [1.54, 1.807) is 61.6 Å². The predicted octanol–water partition coefficient (Wildman–Crippen LogP) is 2.86. The van der Waals surface area contributed by atoms with Crippen molar-refractivity contribution in [3.05, 3.63) is 69.6 Å². The second kappa shape index (κ2) is 9.25. The first kappa shape index (κ1) is 22.8. The van der Waals surface area contributed by atoms with Gasteiger partial charge in [0.2, 0.25) is 5.88 Å². The second-order valence-corrected chi connectivity index (χ2v) is 10.1. The summed E-state index contributed by atoms with van der Waals surface area (Å²) in [6.45, 7) is 0.755. The number of fused-ring (bicyclic) bond motifs is 1. The highest BCUT2D eigenvalue weighted by atomic mass is 32.2. The Morgan fingerprint density at radius 3 is 2.67 bits per heavy atom. The van der Waals surface area contributed by atoms with Crippen LogP contribution in [0.5, 0.6) is 5.88 Å². The summed E-state index contributed by atoms with van der Waals surface area (Å²) in [5, 5.41) is 12.4. The van der Waals surface area contributed by atoms with Crippen molar-refractivity contribution in [2.24, 2.45) is 7.05 Å². The fraction of sp³-hybridized carbons (Fsp3) is 0.333. The number of ether oxygens (including phenoxy) is 1. The normalized spacial score (nSPS) is 14.2. The van der Waals surface area contributed by atoms with Crippen LogP contribution in [0, 0.1) is 11.3 Å². The van der Waals surface area contributed by atoms with Crippen molar-refractivity contribution in [3.63, 3.8) is 0 Å². The fourth-order valence-corrected chi connectivity index (χ4v) is 4.80. The van der Waals surface area contributed by atoms with Crippen molar-refractivity contribution in [2.75, 3.05) is 20.7 Å². The fourth-order valence-electron chi connectivity index (χ4n) is 3.63. The van der Waals surface area contributed by atoms with Gasteiger partial charge in [-0.15, -0.1) is 0 Å². The van der Waals surface area contributed by atoms with E-state index in [1.165, 1.54) is 4.57 Å². The van der Waals surface area contributed by atoms with Crippen molar-refractivity contribution in [2.45, 2.75) is 24.1 Å². The van der Waals surface area contributed by atoms with Crippen LogP contribution in [0.4, 0.5) is 0 Å². The topological polar surface area (TPSA) is 100 Å². The molecule has 1 saturated carbocycles. The Balaban J connectivity index is 1.54. The lowest BCUT2D eigenvalue weighted by Crippen LogP contribution is -2.32. The second-order valence-electron chi connectivity index (χ2n) is 8.34. The van der Waals surface area contributed by atoms with Crippen molar-refractivity contribution < 1.29 is 9.53 Å². The standard InChI is InChI=1S/C24H25N5O3S/c1-28(2)33-24(9-10-24)15-32-22-20-18(8-11-26-22)12-19(23(31)29(20)3)21(30)27-14-17-6-4-16(13-25)5-7-17/h4-8,11-12H,9-10,14-15H2,1-3H3,(H,27,30). The zero-order valence-corrected chi connectivity index (χ0v) is 19.6. The van der Waals surface area contributed by atoms with Crippen molar-refractivity contribution in [1.29, 1.82) is 5.26 Å². The number of amides is 1. The van der Waals surface area contributed by atoms with E-state index >= 15 is 0 Å². The number of aryl methyl sites for hydroxylation is 1. The Bertz CT molecular complexity index is 1290. The molecule has 0 unspecified atom stereocenters. The highest BCUT2D eigenvalue weighted by Gasteiger charge is 2.45. The van der Waals surface area contributed by atoms with Gasteiger partial charge in [0.1, 0.15) is 17.7 Å². The minimum Gasteiger partial charge on any atom is -0.475 e. The summed E-state index contributed by atoms with van der Waals surface area (Å²) >= 11 is 1.76. The molecule has 1 fully saturated rings. The molecule has 4 rings (SSSR count). The number of carbonyl (C=O) groups excluding carboxylic acids is 1. The molecule has 1 N–H and O–H groups in total. The van der Waals surface area contributed by atoms with Crippen LogP contribution < -0.4 is 15.6 Å². The van der Waals surface area contributed by atoms with Crippen LogP contribution >= 0.6 is 11.9 Å². The average Bonchev–Trinajstić information content (AvgIpc) is 3.57. The first-order valence-electron chi connectivity index (χ1n) is 10.6. The van der Waals surface area contributed by atoms with Gasteiger partial charge >= 0.3 is 0 Å². The number of nitrogens with one attached hydrogen (secondary N) is 1. The van der Waals surface area contributed by atoms with E-state index in [4.69, 9.17) is 10.00 Å². The van der Waals surface area contributed by atoms with Gasteiger partial charge in [0.05, 0.1) is 16.4 Å². The number of nitriles is 1. The molecule has 0 bridgehead atoms. The first-order chi connectivity index (χ1) is 15.8. The number of benzene rings is 1. The summed E-state index contributed by atoms with van der Waals surface area (Å²) in [5.41, 5.74) is 1.59. The Hall–Kier alpha value is -3.35. The minimum atomic E-state index is -0.458. The Morgan fingerprint density at radius 1 is 1.30 bits per heavy atom. The van der Waals surface area contributed by atoms with Crippen molar-refractivity contribution in [1.82, 2.24) is 19.2 Å². The van der Waals surface area contributed by atoms with Crippen molar-refractivity contribution >= 4 is 28.8 Å². The van der Waals surface area contributed by atoms with Gasteiger partial charge in [-0.3, -0.25) is 13.9 Å². The third kappa shape index (κ3) is 5.02. The van der Waals surface area contributed by atoms with E-state index in [9.17, 15) is 9.59 Å². The third-order valence-corrected chi connectivity index (χ3v) is 6.81. The van der Waals surface area contributed by atoms with Crippen molar-refractivity contribution in [3.8, 4) is 11.9 Å². The molecular formula is C24H25N5O3S. The van der Waals surface area contributed by atoms with Gasteiger partial charge < -0.3 is 14.6 Å². The SMILES string of the molecule is CN(C)SC1(COc2nccc3cc(C(=O)NCc4ccc(C#N)cc4)c(=O)n(C)c23)CC1. The molecule has 33 heavy (non-hydrogen) atoms. The average molecular weight is 464 g/mol. The zero-order chi connectivity index (χ0) is 23.6. The summed E-state index contributed by atoms with van der Waals surface area (Å²) < 4.78 is 9.62. The van der Waals surface area contributed by atoms with Gasteiger partial charge in [-0.2, -0.15) is 5.26 Å². The van der Waals surface area contributed by atoms with Crippen LogP contribution in [0.3, 0.4) is 0 Å². The van der Waals surface area contributed by atoms with Gasteiger partial charge in [0, 0.05) is 25.2 Å². The number of carbonyl (C=O) groups is 1. The molecule has 0 spiro atoms. The number of hydrogen-bond donors (Lipinski definition) is 1. The molecule has 0 aliphatic heterocycles. The van der Waals surface area contributed by atoms with E-state index in [-0.39, 0.29) is 16.9 Å². The molecule has 1 amide bonds. The number of rotatable bonds is 8. The maximum Gasteiger partial charge on any atom is 0.263 e. The number of pyridine rings is 2. The van der Waals surface area contributed by atoms with Gasteiger partial charge in [-0.1, -0.05) is 24.1 Å². The lowest BCUT2D eigenvalue weighted by Gasteiger charge is -2.20. The molecule has 170 valence electrons. The lowest BCUT2D eigenvalue weighted by atomic mass is 10.1. The largest absolute Gasteiger partial charge is 0.475 e. The molecule has 0 atom stereocenters. The van der Waals surface area contributed by atoms with Gasteiger partial charge in [-0.25, -0.2) is 4.98 Å². The molecule has 9 heteroatoms. The number of aromatic nitrogens is 2. The molecule has 0 radical (unpaired) electrons. The predicted molar refractivity (Wildman–Crippen MR) is 128 cm³/mol. The third-order valence-electron chi connectivity index (χ3n) is 5.53. The lowest BCUT2D eigenvalue weighted by molar-refractivity contribution is 0.0949.